The van der Waals surface area contributed by atoms with E-state index < -0.39 is 0 Å². The average Bonchev–Trinajstić information content (AvgIpc) is 2.30. The predicted octanol–water partition coefficient (Wildman–Crippen LogP) is 2.86. The Hall–Kier alpha value is -0.770. The number of halogens is 1. The molecule has 1 rings (SSSR count). The van der Waals surface area contributed by atoms with Gasteiger partial charge in [0.1, 0.15) is 5.75 Å². The number of hydrogen-bond donors (Lipinski definition) is 1. The highest BCUT2D eigenvalue weighted by molar-refractivity contribution is 6.30. The van der Waals surface area contributed by atoms with Crippen LogP contribution in [0.25, 0.3) is 0 Å². The first kappa shape index (κ1) is 14.3. The number of methoxy groups -OCH3 is 1. The molecular weight excluding hydrogens is 238 g/mol. The van der Waals surface area contributed by atoms with E-state index in [9.17, 15) is 0 Å². The lowest BCUT2D eigenvalue weighted by molar-refractivity contribution is 0.0759. The zero-order valence-electron chi connectivity index (χ0n) is 10.6. The zero-order valence-corrected chi connectivity index (χ0v) is 11.4. The molecule has 1 unspecified atom stereocenters. The molecular formula is C13H20ClNO2. The van der Waals surface area contributed by atoms with Gasteiger partial charge in [0.05, 0.1) is 13.2 Å². The van der Waals surface area contributed by atoms with Crippen LogP contribution in [0.3, 0.4) is 0 Å². The molecule has 1 atom stereocenters. The fraction of sp³-hybridized carbons (Fsp3) is 0.538. The molecule has 0 heterocycles. The summed E-state index contributed by atoms with van der Waals surface area (Å²) >= 11 is 5.96. The fourth-order valence-electron chi connectivity index (χ4n) is 1.64. The SMILES string of the molecule is CCOC(C)CNCc1cc(Cl)ccc1OC. The molecule has 0 saturated heterocycles. The minimum Gasteiger partial charge on any atom is -0.496 e. The molecule has 17 heavy (non-hydrogen) atoms. The van der Waals surface area contributed by atoms with Crippen LogP contribution in [0.2, 0.25) is 5.02 Å². The second-order valence-electron chi connectivity index (χ2n) is 3.85. The van der Waals surface area contributed by atoms with Gasteiger partial charge in [0.25, 0.3) is 0 Å². The maximum absolute atomic E-state index is 5.96. The number of ether oxygens (including phenoxy) is 2. The quantitative estimate of drug-likeness (QED) is 0.815. The van der Waals surface area contributed by atoms with Gasteiger partial charge in [-0.3, -0.25) is 0 Å². The van der Waals surface area contributed by atoms with E-state index in [0.29, 0.717) is 0 Å². The van der Waals surface area contributed by atoms with Crippen LogP contribution in [0.5, 0.6) is 5.75 Å². The maximum Gasteiger partial charge on any atom is 0.123 e. The van der Waals surface area contributed by atoms with Crippen LogP contribution in [0.4, 0.5) is 0 Å². The maximum atomic E-state index is 5.96. The van der Waals surface area contributed by atoms with E-state index in [1.165, 1.54) is 0 Å². The molecule has 4 heteroatoms. The lowest BCUT2D eigenvalue weighted by Gasteiger charge is -2.14. The fourth-order valence-corrected chi connectivity index (χ4v) is 1.83. The molecule has 1 aromatic rings. The molecule has 96 valence electrons. The minimum atomic E-state index is 0.213. The molecule has 0 radical (unpaired) electrons. The third-order valence-corrected chi connectivity index (χ3v) is 2.68. The summed E-state index contributed by atoms with van der Waals surface area (Å²) in [5.41, 5.74) is 1.06. The Labute approximate surface area is 108 Å². The second kappa shape index (κ2) is 7.54. The van der Waals surface area contributed by atoms with Crippen LogP contribution in [-0.2, 0) is 11.3 Å². The van der Waals surface area contributed by atoms with Crippen LogP contribution >= 0.6 is 11.6 Å². The highest BCUT2D eigenvalue weighted by atomic mass is 35.5. The highest BCUT2D eigenvalue weighted by Crippen LogP contribution is 2.22. The largest absolute Gasteiger partial charge is 0.496 e. The monoisotopic (exact) mass is 257 g/mol. The van der Waals surface area contributed by atoms with E-state index in [4.69, 9.17) is 21.1 Å². The van der Waals surface area contributed by atoms with Gasteiger partial charge in [-0.25, -0.2) is 0 Å². The molecule has 0 aliphatic heterocycles. The Morgan fingerprint density at radius 2 is 2.18 bits per heavy atom. The van der Waals surface area contributed by atoms with Crippen molar-refractivity contribution in [1.29, 1.82) is 0 Å². The molecule has 0 saturated carbocycles. The second-order valence-corrected chi connectivity index (χ2v) is 4.29. The van der Waals surface area contributed by atoms with Crippen molar-refractivity contribution in [2.45, 2.75) is 26.5 Å². The summed E-state index contributed by atoms with van der Waals surface area (Å²) in [6, 6.07) is 5.62. The summed E-state index contributed by atoms with van der Waals surface area (Å²) in [6.45, 7) is 6.32. The minimum absolute atomic E-state index is 0.213. The van der Waals surface area contributed by atoms with Crippen molar-refractivity contribution in [1.82, 2.24) is 5.32 Å². The zero-order chi connectivity index (χ0) is 12.7. The van der Waals surface area contributed by atoms with Crippen LogP contribution in [0.1, 0.15) is 19.4 Å². The van der Waals surface area contributed by atoms with Crippen molar-refractivity contribution in [2.24, 2.45) is 0 Å². The Morgan fingerprint density at radius 1 is 1.41 bits per heavy atom. The van der Waals surface area contributed by atoms with Gasteiger partial charge in [-0.15, -0.1) is 0 Å². The van der Waals surface area contributed by atoms with Gasteiger partial charge in [-0.05, 0) is 32.0 Å². The molecule has 1 aromatic carbocycles. The first-order chi connectivity index (χ1) is 8.17. The van der Waals surface area contributed by atoms with Crippen molar-refractivity contribution in [3.8, 4) is 5.75 Å². The molecule has 0 aromatic heterocycles. The predicted molar refractivity (Wildman–Crippen MR) is 70.8 cm³/mol. The molecule has 0 bridgehead atoms. The normalized spacial score (nSPS) is 12.5. The van der Waals surface area contributed by atoms with Gasteiger partial charge < -0.3 is 14.8 Å². The summed E-state index contributed by atoms with van der Waals surface area (Å²) in [7, 11) is 1.66. The van der Waals surface area contributed by atoms with Crippen molar-refractivity contribution in [2.75, 3.05) is 20.3 Å². The Balaban J connectivity index is 2.48. The number of benzene rings is 1. The first-order valence-electron chi connectivity index (χ1n) is 5.82. The third kappa shape index (κ3) is 4.94. The van der Waals surface area contributed by atoms with Gasteiger partial charge >= 0.3 is 0 Å². The molecule has 0 amide bonds. The smallest absolute Gasteiger partial charge is 0.123 e. The topological polar surface area (TPSA) is 30.5 Å². The third-order valence-electron chi connectivity index (χ3n) is 2.44. The van der Waals surface area contributed by atoms with Crippen LogP contribution < -0.4 is 10.1 Å². The van der Waals surface area contributed by atoms with E-state index in [2.05, 4.69) is 5.32 Å². The molecule has 3 nitrogen and oxygen atoms in total. The van der Waals surface area contributed by atoms with Gasteiger partial charge in [-0.2, -0.15) is 0 Å². The standard InChI is InChI=1S/C13H20ClNO2/c1-4-17-10(2)8-15-9-11-7-12(14)5-6-13(11)16-3/h5-7,10,15H,4,8-9H2,1-3H3. The average molecular weight is 258 g/mol. The summed E-state index contributed by atoms with van der Waals surface area (Å²) in [6.07, 6.45) is 0.213. The van der Waals surface area contributed by atoms with Crippen LogP contribution in [0, 0.1) is 0 Å². The van der Waals surface area contributed by atoms with Gasteiger partial charge in [0, 0.05) is 30.3 Å². The van der Waals surface area contributed by atoms with E-state index >= 15 is 0 Å². The highest BCUT2D eigenvalue weighted by Gasteiger charge is 2.05. The molecule has 0 aliphatic rings. The number of hydrogen-bond acceptors (Lipinski definition) is 3. The Morgan fingerprint density at radius 3 is 2.82 bits per heavy atom. The summed E-state index contributed by atoms with van der Waals surface area (Å²) in [5, 5.41) is 4.05. The molecule has 0 fully saturated rings. The summed E-state index contributed by atoms with van der Waals surface area (Å²) < 4.78 is 10.7. The van der Waals surface area contributed by atoms with Crippen molar-refractivity contribution in [3.63, 3.8) is 0 Å². The van der Waals surface area contributed by atoms with E-state index in [0.717, 1.165) is 36.0 Å². The first-order valence-corrected chi connectivity index (χ1v) is 6.20. The number of nitrogens with one attached hydrogen (secondary N) is 1. The van der Waals surface area contributed by atoms with E-state index in [1.54, 1.807) is 7.11 Å². The van der Waals surface area contributed by atoms with Crippen molar-refractivity contribution >= 4 is 11.6 Å². The van der Waals surface area contributed by atoms with Crippen molar-refractivity contribution in [3.05, 3.63) is 28.8 Å². The lowest BCUT2D eigenvalue weighted by atomic mass is 10.2. The molecule has 0 aliphatic carbocycles. The molecule has 1 N–H and O–H groups in total. The van der Waals surface area contributed by atoms with Gasteiger partial charge in [0.2, 0.25) is 0 Å². The molecule has 0 spiro atoms. The van der Waals surface area contributed by atoms with Crippen LogP contribution in [-0.4, -0.2) is 26.4 Å². The summed E-state index contributed by atoms with van der Waals surface area (Å²) in [4.78, 5) is 0. The van der Waals surface area contributed by atoms with Crippen molar-refractivity contribution < 1.29 is 9.47 Å². The Kier molecular flexibility index (Phi) is 6.34. The van der Waals surface area contributed by atoms with Crippen LogP contribution in [0.15, 0.2) is 18.2 Å². The van der Waals surface area contributed by atoms with E-state index in [-0.39, 0.29) is 6.10 Å². The van der Waals surface area contributed by atoms with E-state index in [1.807, 2.05) is 32.0 Å². The lowest BCUT2D eigenvalue weighted by Crippen LogP contribution is -2.26. The Bertz CT molecular complexity index is 344. The summed E-state index contributed by atoms with van der Waals surface area (Å²) in [5.74, 6) is 0.853. The number of rotatable bonds is 7. The van der Waals surface area contributed by atoms with Gasteiger partial charge in [0.15, 0.2) is 0 Å². The van der Waals surface area contributed by atoms with Gasteiger partial charge in [-0.1, -0.05) is 11.6 Å².